The molecule has 0 aliphatic heterocycles. The molecule has 1 aliphatic rings. The van der Waals surface area contributed by atoms with Crippen molar-refractivity contribution >= 4 is 0 Å². The number of rotatable bonds is 4. The largest absolute Gasteiger partial charge is 0.493 e. The summed E-state index contributed by atoms with van der Waals surface area (Å²) in [4.78, 5) is 4.01. The number of nitrogens with zero attached hydrogens (tertiary/aromatic N) is 1. The van der Waals surface area contributed by atoms with Gasteiger partial charge in [0.2, 0.25) is 0 Å². The first-order chi connectivity index (χ1) is 9.34. The zero-order valence-electron chi connectivity index (χ0n) is 10.9. The summed E-state index contributed by atoms with van der Waals surface area (Å²) in [6, 6.07) is 10.4. The molecule has 1 atom stereocenters. The van der Waals surface area contributed by atoms with Crippen LogP contribution >= 0.6 is 0 Å². The van der Waals surface area contributed by atoms with E-state index in [2.05, 4.69) is 11.1 Å². The van der Waals surface area contributed by atoms with Gasteiger partial charge < -0.3 is 10.5 Å². The van der Waals surface area contributed by atoms with Crippen LogP contribution in [0.2, 0.25) is 0 Å². The Hall–Kier alpha value is -1.87. The van der Waals surface area contributed by atoms with Crippen LogP contribution in [0.1, 0.15) is 29.2 Å². The third-order valence-corrected chi connectivity index (χ3v) is 3.67. The minimum atomic E-state index is 0.179. The molecule has 1 aliphatic carbocycles. The van der Waals surface area contributed by atoms with E-state index in [1.807, 2.05) is 36.7 Å². The Kier molecular flexibility index (Phi) is 3.47. The van der Waals surface area contributed by atoms with Crippen LogP contribution in [0, 0.1) is 0 Å². The molecule has 3 heteroatoms. The van der Waals surface area contributed by atoms with Crippen molar-refractivity contribution in [2.24, 2.45) is 5.73 Å². The van der Waals surface area contributed by atoms with Gasteiger partial charge in [0.15, 0.2) is 0 Å². The molecular weight excluding hydrogens is 236 g/mol. The summed E-state index contributed by atoms with van der Waals surface area (Å²) in [5.74, 6) is 1.000. The Morgan fingerprint density at radius 3 is 2.89 bits per heavy atom. The van der Waals surface area contributed by atoms with Gasteiger partial charge in [-0.25, -0.2) is 0 Å². The SMILES string of the molecule is NC1CCc2c(OCCc3ccncc3)cccc21. The number of nitrogens with two attached hydrogens (primary N) is 1. The smallest absolute Gasteiger partial charge is 0.122 e. The molecular formula is C16H18N2O. The highest BCUT2D eigenvalue weighted by Crippen LogP contribution is 2.35. The van der Waals surface area contributed by atoms with E-state index in [4.69, 9.17) is 10.5 Å². The summed E-state index contributed by atoms with van der Waals surface area (Å²) in [6.07, 6.45) is 6.59. The number of benzene rings is 1. The average Bonchev–Trinajstić information content (AvgIpc) is 2.83. The lowest BCUT2D eigenvalue weighted by Gasteiger charge is -2.11. The summed E-state index contributed by atoms with van der Waals surface area (Å²) >= 11 is 0. The van der Waals surface area contributed by atoms with E-state index in [0.717, 1.165) is 25.0 Å². The van der Waals surface area contributed by atoms with Gasteiger partial charge in [0.1, 0.15) is 5.75 Å². The summed E-state index contributed by atoms with van der Waals surface area (Å²) in [7, 11) is 0. The van der Waals surface area contributed by atoms with Crippen LogP contribution < -0.4 is 10.5 Å². The fraction of sp³-hybridized carbons (Fsp3) is 0.312. The van der Waals surface area contributed by atoms with E-state index >= 15 is 0 Å². The summed E-state index contributed by atoms with van der Waals surface area (Å²) in [6.45, 7) is 0.690. The Morgan fingerprint density at radius 1 is 1.21 bits per heavy atom. The molecule has 3 nitrogen and oxygen atoms in total. The van der Waals surface area contributed by atoms with E-state index in [0.29, 0.717) is 6.61 Å². The minimum Gasteiger partial charge on any atom is -0.493 e. The molecule has 2 aromatic rings. The molecule has 98 valence electrons. The number of fused-ring (bicyclic) bond motifs is 1. The molecule has 1 unspecified atom stereocenters. The molecule has 19 heavy (non-hydrogen) atoms. The van der Waals surface area contributed by atoms with Gasteiger partial charge in [-0.3, -0.25) is 4.98 Å². The van der Waals surface area contributed by atoms with Crippen LogP contribution in [-0.4, -0.2) is 11.6 Å². The van der Waals surface area contributed by atoms with Crippen molar-refractivity contribution in [3.63, 3.8) is 0 Å². The van der Waals surface area contributed by atoms with Gasteiger partial charge in [-0.15, -0.1) is 0 Å². The van der Waals surface area contributed by atoms with Gasteiger partial charge in [0.25, 0.3) is 0 Å². The fourth-order valence-corrected chi connectivity index (χ4v) is 2.62. The first kappa shape index (κ1) is 12.2. The highest BCUT2D eigenvalue weighted by atomic mass is 16.5. The summed E-state index contributed by atoms with van der Waals surface area (Å²) < 4.78 is 5.93. The maximum Gasteiger partial charge on any atom is 0.122 e. The normalized spacial score (nSPS) is 17.2. The van der Waals surface area contributed by atoms with E-state index in [1.165, 1.54) is 16.7 Å². The molecule has 0 fully saturated rings. The molecule has 1 aromatic carbocycles. The third kappa shape index (κ3) is 2.61. The van der Waals surface area contributed by atoms with E-state index in [-0.39, 0.29) is 6.04 Å². The second-order valence-electron chi connectivity index (χ2n) is 4.92. The average molecular weight is 254 g/mol. The van der Waals surface area contributed by atoms with Crippen molar-refractivity contribution in [3.8, 4) is 5.75 Å². The first-order valence-electron chi connectivity index (χ1n) is 6.73. The van der Waals surface area contributed by atoms with E-state index in [9.17, 15) is 0 Å². The monoisotopic (exact) mass is 254 g/mol. The Bertz CT molecular complexity index is 554. The van der Waals surface area contributed by atoms with Crippen LogP contribution in [0.25, 0.3) is 0 Å². The molecule has 0 radical (unpaired) electrons. The topological polar surface area (TPSA) is 48.1 Å². The van der Waals surface area contributed by atoms with E-state index in [1.54, 1.807) is 0 Å². The minimum absolute atomic E-state index is 0.179. The Morgan fingerprint density at radius 2 is 2.05 bits per heavy atom. The van der Waals surface area contributed by atoms with Crippen LogP contribution in [0.5, 0.6) is 5.75 Å². The van der Waals surface area contributed by atoms with Crippen LogP contribution in [-0.2, 0) is 12.8 Å². The molecule has 0 saturated carbocycles. The number of ether oxygens (including phenoxy) is 1. The second kappa shape index (κ2) is 5.41. The summed E-state index contributed by atoms with van der Waals surface area (Å²) in [5.41, 5.74) is 9.87. The quantitative estimate of drug-likeness (QED) is 0.912. The van der Waals surface area contributed by atoms with Gasteiger partial charge in [0.05, 0.1) is 6.61 Å². The maximum absolute atomic E-state index is 6.07. The maximum atomic E-state index is 6.07. The van der Waals surface area contributed by atoms with Crippen molar-refractivity contribution in [2.45, 2.75) is 25.3 Å². The molecule has 0 amide bonds. The van der Waals surface area contributed by atoms with Gasteiger partial charge in [-0.05, 0) is 47.7 Å². The molecule has 0 spiro atoms. The first-order valence-corrected chi connectivity index (χ1v) is 6.73. The lowest BCUT2D eigenvalue weighted by atomic mass is 10.1. The number of pyridine rings is 1. The highest BCUT2D eigenvalue weighted by Gasteiger charge is 2.21. The highest BCUT2D eigenvalue weighted by molar-refractivity contribution is 5.44. The lowest BCUT2D eigenvalue weighted by Crippen LogP contribution is -2.06. The van der Waals surface area contributed by atoms with Gasteiger partial charge >= 0.3 is 0 Å². The number of hydrogen-bond donors (Lipinski definition) is 1. The van der Waals surface area contributed by atoms with Crippen molar-refractivity contribution in [1.29, 1.82) is 0 Å². The van der Waals surface area contributed by atoms with E-state index < -0.39 is 0 Å². The van der Waals surface area contributed by atoms with Crippen LogP contribution in [0.3, 0.4) is 0 Å². The predicted molar refractivity (Wildman–Crippen MR) is 75.1 cm³/mol. The predicted octanol–water partition coefficient (Wildman–Crippen LogP) is 2.65. The molecule has 1 aromatic heterocycles. The molecule has 2 N–H and O–H groups in total. The molecule has 3 rings (SSSR count). The Labute approximate surface area is 113 Å². The number of aromatic nitrogens is 1. The van der Waals surface area contributed by atoms with Gasteiger partial charge in [-0.1, -0.05) is 12.1 Å². The van der Waals surface area contributed by atoms with Gasteiger partial charge in [-0.2, -0.15) is 0 Å². The number of hydrogen-bond acceptors (Lipinski definition) is 3. The van der Waals surface area contributed by atoms with Crippen molar-refractivity contribution < 1.29 is 4.74 Å². The lowest BCUT2D eigenvalue weighted by molar-refractivity contribution is 0.319. The van der Waals surface area contributed by atoms with Crippen LogP contribution in [0.15, 0.2) is 42.7 Å². The standard InChI is InChI=1S/C16H18N2O/c17-15-5-4-14-13(15)2-1-3-16(14)19-11-8-12-6-9-18-10-7-12/h1-3,6-7,9-10,15H,4-5,8,11,17H2. The molecule has 1 heterocycles. The van der Waals surface area contributed by atoms with Crippen LogP contribution in [0.4, 0.5) is 0 Å². The second-order valence-corrected chi connectivity index (χ2v) is 4.92. The molecule has 0 saturated heterocycles. The van der Waals surface area contributed by atoms with Crippen molar-refractivity contribution in [3.05, 3.63) is 59.4 Å². The fourth-order valence-electron chi connectivity index (χ4n) is 2.62. The van der Waals surface area contributed by atoms with Gasteiger partial charge in [0, 0.05) is 24.9 Å². The Balaban J connectivity index is 1.65. The third-order valence-electron chi connectivity index (χ3n) is 3.67. The van der Waals surface area contributed by atoms with Crippen molar-refractivity contribution in [1.82, 2.24) is 4.98 Å². The zero-order valence-corrected chi connectivity index (χ0v) is 10.9. The molecule has 0 bridgehead atoms. The van der Waals surface area contributed by atoms with Crippen molar-refractivity contribution in [2.75, 3.05) is 6.61 Å². The zero-order chi connectivity index (χ0) is 13.1. The summed E-state index contributed by atoms with van der Waals surface area (Å²) in [5, 5.41) is 0.